The first-order chi connectivity index (χ1) is 14.1. The number of likely N-dealkylation sites (N-methyl/N-ethyl adjacent to an activating group) is 1. The first kappa shape index (κ1) is 19.3. The van der Waals surface area contributed by atoms with Crippen molar-refractivity contribution >= 4 is 0 Å². The Bertz CT molecular complexity index is 983. The zero-order chi connectivity index (χ0) is 20.2. The minimum Gasteiger partial charge on any atom is -0.496 e. The van der Waals surface area contributed by atoms with E-state index < -0.39 is 0 Å². The van der Waals surface area contributed by atoms with Gasteiger partial charge in [-0.1, -0.05) is 12.1 Å². The van der Waals surface area contributed by atoms with Gasteiger partial charge < -0.3 is 19.1 Å². The molecule has 0 saturated heterocycles. The molecule has 2 heterocycles. The molecule has 0 saturated carbocycles. The second-order valence-electron chi connectivity index (χ2n) is 7.40. The molecule has 1 aliphatic rings. The Hall–Kier alpha value is -2.99. The Morgan fingerprint density at radius 2 is 1.90 bits per heavy atom. The lowest BCUT2D eigenvalue weighted by Crippen LogP contribution is -2.20. The van der Waals surface area contributed by atoms with Crippen molar-refractivity contribution < 1.29 is 14.2 Å². The number of hydrogen-bond donors (Lipinski definition) is 0. The maximum atomic E-state index is 5.75. The van der Waals surface area contributed by atoms with Crippen LogP contribution in [0.3, 0.4) is 0 Å². The van der Waals surface area contributed by atoms with Crippen molar-refractivity contribution in [2.24, 2.45) is 7.05 Å². The van der Waals surface area contributed by atoms with Gasteiger partial charge in [0.1, 0.15) is 19.0 Å². The van der Waals surface area contributed by atoms with Crippen LogP contribution in [0, 0.1) is 0 Å². The van der Waals surface area contributed by atoms with Crippen molar-refractivity contribution in [2.45, 2.75) is 13.0 Å². The Balaban J connectivity index is 1.50. The maximum Gasteiger partial charge on any atom is 0.161 e. The lowest BCUT2D eigenvalue weighted by Gasteiger charge is -2.20. The molecule has 4 rings (SSSR count). The van der Waals surface area contributed by atoms with E-state index in [-0.39, 0.29) is 0 Å². The van der Waals surface area contributed by atoms with Crippen molar-refractivity contribution in [3.63, 3.8) is 0 Å². The highest BCUT2D eigenvalue weighted by molar-refractivity contribution is 5.73. The summed E-state index contributed by atoms with van der Waals surface area (Å²) in [6.45, 7) is 3.00. The number of nitrogens with zero attached hydrogens (tertiary/aromatic N) is 3. The van der Waals surface area contributed by atoms with E-state index in [0.717, 1.165) is 47.9 Å². The molecule has 3 aromatic rings. The Kier molecular flexibility index (Phi) is 5.71. The van der Waals surface area contributed by atoms with Crippen molar-refractivity contribution in [1.82, 2.24) is 14.7 Å². The lowest BCUT2D eigenvalue weighted by molar-refractivity contribution is 0.171. The van der Waals surface area contributed by atoms with E-state index in [1.807, 2.05) is 36.1 Å². The third-order valence-corrected chi connectivity index (χ3v) is 5.11. The van der Waals surface area contributed by atoms with E-state index in [0.29, 0.717) is 13.2 Å². The monoisotopic (exact) mass is 393 g/mol. The van der Waals surface area contributed by atoms with Crippen LogP contribution in [-0.4, -0.2) is 48.6 Å². The van der Waals surface area contributed by atoms with Gasteiger partial charge in [0.2, 0.25) is 0 Å². The minimum atomic E-state index is 0.579. The molecule has 2 aromatic carbocycles. The third-order valence-electron chi connectivity index (χ3n) is 5.11. The van der Waals surface area contributed by atoms with Gasteiger partial charge >= 0.3 is 0 Å². The topological polar surface area (TPSA) is 48.8 Å². The van der Waals surface area contributed by atoms with Crippen LogP contribution in [0.15, 0.2) is 48.8 Å². The molecule has 6 nitrogen and oxygen atoms in total. The van der Waals surface area contributed by atoms with Crippen molar-refractivity contribution in [3.8, 4) is 28.4 Å². The molecular formula is C23H27N3O3. The molecule has 0 radical (unpaired) electrons. The number of ether oxygens (including phenoxy) is 3. The molecule has 29 heavy (non-hydrogen) atoms. The van der Waals surface area contributed by atoms with Gasteiger partial charge in [-0.3, -0.25) is 4.68 Å². The van der Waals surface area contributed by atoms with Crippen LogP contribution in [0.5, 0.6) is 17.2 Å². The number of benzene rings is 2. The summed E-state index contributed by atoms with van der Waals surface area (Å²) in [7, 11) is 5.80. The highest BCUT2D eigenvalue weighted by Crippen LogP contribution is 2.38. The van der Waals surface area contributed by atoms with Gasteiger partial charge in [-0.25, -0.2) is 0 Å². The predicted octanol–water partition coefficient (Wildman–Crippen LogP) is 3.54. The molecular weight excluding hydrogens is 366 g/mol. The third kappa shape index (κ3) is 4.54. The summed E-state index contributed by atoms with van der Waals surface area (Å²) >= 11 is 0. The standard InChI is InChI=1S/C23H27N3O3/c1-25(9-8-18-14-24-26(2)16-18)15-17-4-6-21(27-3)20(12-17)19-5-7-22-23(13-19)29-11-10-28-22/h4-7,12-14,16H,8-11,15H2,1-3H3. The van der Waals surface area contributed by atoms with Crippen molar-refractivity contribution in [1.29, 1.82) is 0 Å². The average molecular weight is 393 g/mol. The van der Waals surface area contributed by atoms with Crippen LogP contribution >= 0.6 is 0 Å². The van der Waals surface area contributed by atoms with Crippen molar-refractivity contribution in [3.05, 3.63) is 59.9 Å². The van der Waals surface area contributed by atoms with Crippen LogP contribution in [0.2, 0.25) is 0 Å². The molecule has 1 aromatic heterocycles. The predicted molar refractivity (Wildman–Crippen MR) is 113 cm³/mol. The first-order valence-electron chi connectivity index (χ1n) is 9.85. The summed E-state index contributed by atoms with van der Waals surface area (Å²) in [5.41, 5.74) is 4.61. The molecule has 0 bridgehead atoms. The fraction of sp³-hybridized carbons (Fsp3) is 0.348. The highest BCUT2D eigenvalue weighted by Gasteiger charge is 2.15. The van der Waals surface area contributed by atoms with Crippen LogP contribution in [0.25, 0.3) is 11.1 Å². The zero-order valence-corrected chi connectivity index (χ0v) is 17.2. The summed E-state index contributed by atoms with van der Waals surface area (Å²) < 4.78 is 18.9. The molecule has 1 aliphatic heterocycles. The second kappa shape index (κ2) is 8.57. The van der Waals surface area contributed by atoms with Gasteiger partial charge in [-0.15, -0.1) is 0 Å². The van der Waals surface area contributed by atoms with E-state index in [2.05, 4.69) is 41.4 Å². The molecule has 6 heteroatoms. The Labute approximate surface area is 171 Å². The quantitative estimate of drug-likeness (QED) is 0.615. The van der Waals surface area contributed by atoms with Crippen molar-refractivity contribution in [2.75, 3.05) is 33.9 Å². The number of fused-ring (bicyclic) bond motifs is 1. The smallest absolute Gasteiger partial charge is 0.161 e. The average Bonchev–Trinajstić information content (AvgIpc) is 3.17. The Morgan fingerprint density at radius 1 is 1.07 bits per heavy atom. The van der Waals surface area contributed by atoms with Crippen LogP contribution < -0.4 is 14.2 Å². The number of hydrogen-bond acceptors (Lipinski definition) is 5. The van der Waals surface area contributed by atoms with Gasteiger partial charge in [-0.2, -0.15) is 5.10 Å². The van der Waals surface area contributed by atoms with Gasteiger partial charge in [0, 0.05) is 31.9 Å². The molecule has 0 spiro atoms. The minimum absolute atomic E-state index is 0.579. The molecule has 0 N–H and O–H groups in total. The molecule has 0 aliphatic carbocycles. The zero-order valence-electron chi connectivity index (χ0n) is 17.2. The number of methoxy groups -OCH3 is 1. The van der Waals surface area contributed by atoms with Crippen LogP contribution in [0.4, 0.5) is 0 Å². The molecule has 152 valence electrons. The summed E-state index contributed by atoms with van der Waals surface area (Å²) in [5, 5.41) is 4.24. The normalized spacial score (nSPS) is 13.0. The van der Waals surface area contributed by atoms with E-state index in [1.165, 1.54) is 11.1 Å². The van der Waals surface area contributed by atoms with Gasteiger partial charge in [0.25, 0.3) is 0 Å². The summed E-state index contributed by atoms with van der Waals surface area (Å²) in [5.74, 6) is 2.43. The van der Waals surface area contributed by atoms with E-state index in [9.17, 15) is 0 Å². The van der Waals surface area contributed by atoms with Crippen LogP contribution in [0.1, 0.15) is 11.1 Å². The highest BCUT2D eigenvalue weighted by atomic mass is 16.6. The summed E-state index contributed by atoms with van der Waals surface area (Å²) in [6, 6.07) is 12.4. The van der Waals surface area contributed by atoms with Gasteiger partial charge in [0.15, 0.2) is 11.5 Å². The molecule has 0 amide bonds. The SMILES string of the molecule is COc1ccc(CN(C)CCc2cnn(C)c2)cc1-c1ccc2c(c1)OCCO2. The van der Waals surface area contributed by atoms with Gasteiger partial charge in [0.05, 0.1) is 13.3 Å². The fourth-order valence-corrected chi connectivity index (χ4v) is 3.60. The second-order valence-corrected chi connectivity index (χ2v) is 7.40. The molecule has 0 fully saturated rings. The summed E-state index contributed by atoms with van der Waals surface area (Å²) in [6.07, 6.45) is 4.98. The first-order valence-corrected chi connectivity index (χ1v) is 9.85. The largest absolute Gasteiger partial charge is 0.496 e. The van der Waals surface area contributed by atoms with Crippen LogP contribution in [-0.2, 0) is 20.0 Å². The Morgan fingerprint density at radius 3 is 2.66 bits per heavy atom. The van der Waals surface area contributed by atoms with E-state index in [1.54, 1.807) is 7.11 Å². The fourth-order valence-electron chi connectivity index (χ4n) is 3.60. The van der Waals surface area contributed by atoms with E-state index >= 15 is 0 Å². The number of aromatic nitrogens is 2. The summed E-state index contributed by atoms with van der Waals surface area (Å²) in [4.78, 5) is 2.32. The lowest BCUT2D eigenvalue weighted by atomic mass is 10.0. The van der Waals surface area contributed by atoms with Gasteiger partial charge in [-0.05, 0) is 54.4 Å². The molecule has 0 unspecified atom stereocenters. The van der Waals surface area contributed by atoms with E-state index in [4.69, 9.17) is 14.2 Å². The number of aryl methyl sites for hydroxylation is 1. The number of rotatable bonds is 7. The molecule has 0 atom stereocenters. The maximum absolute atomic E-state index is 5.75.